The molecule has 1 saturated heterocycles. The molecule has 11 heavy (non-hydrogen) atoms. The lowest BCUT2D eigenvalue weighted by Crippen LogP contribution is -2.11. The Labute approximate surface area is 65.0 Å². The van der Waals surface area contributed by atoms with Crippen LogP contribution in [0.2, 0.25) is 0 Å². The van der Waals surface area contributed by atoms with Crippen LogP contribution in [0.25, 0.3) is 0 Å². The number of carbonyl (C=O) groups excluding carboxylic acids is 1. The molecule has 0 amide bonds. The molecule has 3 nitrogen and oxygen atoms in total. The molecule has 3 heteroatoms. The largest absolute Gasteiger partial charge is 0.466 e. The van der Waals surface area contributed by atoms with Gasteiger partial charge in [0.25, 0.3) is 0 Å². The van der Waals surface area contributed by atoms with E-state index in [-0.39, 0.29) is 5.97 Å². The molecule has 0 aromatic heterocycles. The summed E-state index contributed by atoms with van der Waals surface area (Å²) in [6, 6.07) is 0. The fraction of sp³-hybridized carbons (Fsp3) is 0.625. The van der Waals surface area contributed by atoms with Gasteiger partial charge in [-0.15, -0.1) is 0 Å². The van der Waals surface area contributed by atoms with Crippen LogP contribution in [0.4, 0.5) is 0 Å². The maximum absolute atomic E-state index is 11.0. The van der Waals surface area contributed by atoms with Crippen molar-refractivity contribution in [2.24, 2.45) is 0 Å². The Balaban J connectivity index is 2.03. The van der Waals surface area contributed by atoms with E-state index in [2.05, 4.69) is 4.74 Å². The third kappa shape index (κ3) is 1.16. The maximum atomic E-state index is 11.0. The van der Waals surface area contributed by atoms with Gasteiger partial charge >= 0.3 is 5.97 Å². The predicted octanol–water partition coefficient (Wildman–Crippen LogP) is 0.647. The Morgan fingerprint density at radius 2 is 2.55 bits per heavy atom. The van der Waals surface area contributed by atoms with Crippen molar-refractivity contribution in [1.82, 2.24) is 0 Å². The standard InChI is InChI=1S/C8H10O3/c1-10-8(9)5-2-3-6-7(4-5)11-6/h2,6-7H,3-4H2,1H3/t6-,7-/m1/s1. The monoisotopic (exact) mass is 154 g/mol. The Morgan fingerprint density at radius 1 is 1.73 bits per heavy atom. The molecule has 1 heterocycles. The highest BCUT2D eigenvalue weighted by atomic mass is 16.6. The molecular formula is C8H10O3. The zero-order valence-corrected chi connectivity index (χ0v) is 6.37. The van der Waals surface area contributed by atoms with Gasteiger partial charge in [0.2, 0.25) is 0 Å². The van der Waals surface area contributed by atoms with Crippen LogP contribution in [0.15, 0.2) is 11.6 Å². The summed E-state index contributed by atoms with van der Waals surface area (Å²) in [7, 11) is 1.41. The molecule has 0 unspecified atom stereocenters. The normalized spacial score (nSPS) is 33.7. The Morgan fingerprint density at radius 3 is 3.18 bits per heavy atom. The van der Waals surface area contributed by atoms with Crippen LogP contribution in [-0.4, -0.2) is 25.3 Å². The molecule has 0 spiro atoms. The number of esters is 1. The molecule has 0 aromatic rings. The molecule has 0 bridgehead atoms. The molecule has 0 radical (unpaired) electrons. The molecular weight excluding hydrogens is 144 g/mol. The highest BCUT2D eigenvalue weighted by Crippen LogP contribution is 2.36. The topological polar surface area (TPSA) is 38.8 Å². The highest BCUT2D eigenvalue weighted by Gasteiger charge is 2.42. The Kier molecular flexibility index (Phi) is 1.46. The zero-order chi connectivity index (χ0) is 7.84. The van der Waals surface area contributed by atoms with Crippen molar-refractivity contribution in [3.8, 4) is 0 Å². The van der Waals surface area contributed by atoms with Crippen LogP contribution >= 0.6 is 0 Å². The lowest BCUT2D eigenvalue weighted by molar-refractivity contribution is -0.136. The van der Waals surface area contributed by atoms with Gasteiger partial charge in [-0.3, -0.25) is 0 Å². The number of epoxide rings is 1. The van der Waals surface area contributed by atoms with Gasteiger partial charge in [-0.2, -0.15) is 0 Å². The van der Waals surface area contributed by atoms with Gasteiger partial charge in [-0.1, -0.05) is 6.08 Å². The van der Waals surface area contributed by atoms with Crippen LogP contribution in [0.1, 0.15) is 12.8 Å². The van der Waals surface area contributed by atoms with Gasteiger partial charge in [-0.05, 0) is 6.42 Å². The molecule has 2 rings (SSSR count). The second kappa shape index (κ2) is 2.34. The molecule has 1 fully saturated rings. The van der Waals surface area contributed by atoms with Crippen molar-refractivity contribution in [1.29, 1.82) is 0 Å². The number of methoxy groups -OCH3 is 1. The van der Waals surface area contributed by atoms with E-state index in [0.717, 1.165) is 18.4 Å². The number of rotatable bonds is 1. The van der Waals surface area contributed by atoms with E-state index in [9.17, 15) is 4.79 Å². The zero-order valence-electron chi connectivity index (χ0n) is 6.37. The molecule has 0 saturated carbocycles. The van der Waals surface area contributed by atoms with Crippen LogP contribution < -0.4 is 0 Å². The Hall–Kier alpha value is -0.830. The summed E-state index contributed by atoms with van der Waals surface area (Å²) in [5.74, 6) is -0.209. The maximum Gasteiger partial charge on any atom is 0.333 e. The highest BCUT2D eigenvalue weighted by molar-refractivity contribution is 5.88. The van der Waals surface area contributed by atoms with Crippen molar-refractivity contribution in [2.45, 2.75) is 25.0 Å². The van der Waals surface area contributed by atoms with Crippen LogP contribution in [0.3, 0.4) is 0 Å². The quantitative estimate of drug-likeness (QED) is 0.411. The van der Waals surface area contributed by atoms with Gasteiger partial charge in [0.15, 0.2) is 0 Å². The first kappa shape index (κ1) is 6.85. The minimum Gasteiger partial charge on any atom is -0.466 e. The smallest absolute Gasteiger partial charge is 0.333 e. The van der Waals surface area contributed by atoms with Crippen molar-refractivity contribution in [3.63, 3.8) is 0 Å². The fourth-order valence-electron chi connectivity index (χ4n) is 1.42. The van der Waals surface area contributed by atoms with Crippen LogP contribution in [-0.2, 0) is 14.3 Å². The lowest BCUT2D eigenvalue weighted by atomic mass is 10.00. The average Bonchev–Trinajstić information content (AvgIpc) is 2.80. The van der Waals surface area contributed by atoms with E-state index in [1.807, 2.05) is 6.08 Å². The van der Waals surface area contributed by atoms with Crippen LogP contribution in [0, 0.1) is 0 Å². The Bertz CT molecular complexity index is 219. The minimum atomic E-state index is -0.209. The number of hydrogen-bond donors (Lipinski definition) is 0. The van der Waals surface area contributed by atoms with E-state index in [4.69, 9.17) is 4.74 Å². The molecule has 1 aliphatic carbocycles. The number of carbonyl (C=O) groups is 1. The van der Waals surface area contributed by atoms with E-state index in [1.165, 1.54) is 7.11 Å². The lowest BCUT2D eigenvalue weighted by Gasteiger charge is -2.05. The molecule has 1 aliphatic heterocycles. The van der Waals surface area contributed by atoms with E-state index < -0.39 is 0 Å². The summed E-state index contributed by atoms with van der Waals surface area (Å²) in [5, 5.41) is 0. The third-order valence-electron chi connectivity index (χ3n) is 2.15. The molecule has 0 N–H and O–H groups in total. The summed E-state index contributed by atoms with van der Waals surface area (Å²) in [6.07, 6.45) is 4.21. The second-order valence-corrected chi connectivity index (χ2v) is 2.87. The molecule has 2 atom stereocenters. The van der Waals surface area contributed by atoms with Crippen molar-refractivity contribution < 1.29 is 14.3 Å². The molecule has 0 aromatic carbocycles. The molecule has 2 aliphatic rings. The number of hydrogen-bond acceptors (Lipinski definition) is 3. The summed E-state index contributed by atoms with van der Waals surface area (Å²) >= 11 is 0. The number of ether oxygens (including phenoxy) is 2. The first-order valence-electron chi connectivity index (χ1n) is 3.74. The summed E-state index contributed by atoms with van der Waals surface area (Å²) in [5.41, 5.74) is 0.770. The summed E-state index contributed by atoms with van der Waals surface area (Å²) < 4.78 is 9.84. The first-order chi connectivity index (χ1) is 5.31. The minimum absolute atomic E-state index is 0.209. The van der Waals surface area contributed by atoms with Gasteiger partial charge in [0, 0.05) is 12.0 Å². The summed E-state index contributed by atoms with van der Waals surface area (Å²) in [4.78, 5) is 11.0. The van der Waals surface area contributed by atoms with E-state index in [0.29, 0.717) is 12.2 Å². The third-order valence-corrected chi connectivity index (χ3v) is 2.15. The van der Waals surface area contributed by atoms with E-state index >= 15 is 0 Å². The van der Waals surface area contributed by atoms with Crippen molar-refractivity contribution >= 4 is 5.97 Å². The second-order valence-electron chi connectivity index (χ2n) is 2.87. The fourth-order valence-corrected chi connectivity index (χ4v) is 1.42. The van der Waals surface area contributed by atoms with Crippen molar-refractivity contribution in [3.05, 3.63) is 11.6 Å². The number of fused-ring (bicyclic) bond motifs is 1. The van der Waals surface area contributed by atoms with E-state index in [1.54, 1.807) is 0 Å². The predicted molar refractivity (Wildman–Crippen MR) is 38.0 cm³/mol. The van der Waals surface area contributed by atoms with Gasteiger partial charge in [-0.25, -0.2) is 4.79 Å². The van der Waals surface area contributed by atoms with Gasteiger partial charge in [0.05, 0.1) is 19.3 Å². The summed E-state index contributed by atoms with van der Waals surface area (Å²) in [6.45, 7) is 0. The SMILES string of the molecule is COC(=O)C1=CC[C@H]2O[C@@H]2C1. The first-order valence-corrected chi connectivity index (χ1v) is 3.74. The average molecular weight is 154 g/mol. The van der Waals surface area contributed by atoms with Crippen molar-refractivity contribution in [2.75, 3.05) is 7.11 Å². The van der Waals surface area contributed by atoms with Gasteiger partial charge < -0.3 is 9.47 Å². The van der Waals surface area contributed by atoms with Gasteiger partial charge in [0.1, 0.15) is 0 Å². The molecule has 60 valence electrons. The van der Waals surface area contributed by atoms with Crippen LogP contribution in [0.5, 0.6) is 0 Å².